The predicted molar refractivity (Wildman–Crippen MR) is 82.2 cm³/mol. The Kier molecular flexibility index (Phi) is 3.73. The molecule has 0 fully saturated rings. The molecule has 0 saturated heterocycles. The van der Waals surface area contributed by atoms with Crippen LogP contribution in [0.3, 0.4) is 0 Å². The second-order valence-electron chi connectivity index (χ2n) is 4.52. The molecule has 2 aromatic heterocycles. The lowest BCUT2D eigenvalue weighted by molar-refractivity contribution is 0.897. The van der Waals surface area contributed by atoms with Gasteiger partial charge in [-0.3, -0.25) is 9.78 Å². The van der Waals surface area contributed by atoms with Crippen LogP contribution in [0, 0.1) is 6.92 Å². The fourth-order valence-corrected chi connectivity index (χ4v) is 1.76. The summed E-state index contributed by atoms with van der Waals surface area (Å²) in [4.78, 5) is 17.9. The average Bonchev–Trinajstić information content (AvgIpc) is 3.06. The number of aryl methyl sites for hydroxylation is 1. The van der Waals surface area contributed by atoms with Gasteiger partial charge in [-0.1, -0.05) is 12.1 Å². The number of hydrogen-bond donors (Lipinski definition) is 2. The number of imidazole rings is 1. The van der Waals surface area contributed by atoms with Crippen molar-refractivity contribution >= 4 is 12.2 Å². The fourth-order valence-electron chi connectivity index (χ4n) is 1.76. The van der Waals surface area contributed by atoms with Gasteiger partial charge in [-0.05, 0) is 24.6 Å². The van der Waals surface area contributed by atoms with Crippen LogP contribution in [0.4, 0.5) is 5.95 Å². The Labute approximate surface area is 125 Å². The third kappa shape index (κ3) is 3.06. The normalized spacial score (nSPS) is 11.0. The molecule has 110 valence electrons. The number of nitrogens with zero attached hydrogens (tertiary/aromatic N) is 5. The second-order valence-corrected chi connectivity index (χ2v) is 4.52. The molecule has 0 atom stereocenters. The molecule has 3 rings (SSSR count). The van der Waals surface area contributed by atoms with Crippen LogP contribution in [-0.2, 0) is 0 Å². The molecule has 0 aliphatic rings. The number of aromatic nitrogens is 5. The van der Waals surface area contributed by atoms with E-state index in [1.165, 1.54) is 0 Å². The van der Waals surface area contributed by atoms with Crippen molar-refractivity contribution in [1.82, 2.24) is 24.7 Å². The van der Waals surface area contributed by atoms with E-state index in [2.05, 4.69) is 30.7 Å². The Morgan fingerprint density at radius 3 is 2.77 bits per heavy atom. The Bertz CT molecular complexity index is 834. The minimum atomic E-state index is -0.294. The summed E-state index contributed by atoms with van der Waals surface area (Å²) in [5.41, 5.74) is 4.56. The molecular weight excluding hydrogens is 282 g/mol. The third-order valence-corrected chi connectivity index (χ3v) is 2.94. The van der Waals surface area contributed by atoms with Crippen molar-refractivity contribution in [1.29, 1.82) is 0 Å². The molecule has 0 amide bonds. The maximum absolute atomic E-state index is 11.4. The lowest BCUT2D eigenvalue weighted by atomic mass is 10.2. The van der Waals surface area contributed by atoms with Crippen molar-refractivity contribution in [3.63, 3.8) is 0 Å². The van der Waals surface area contributed by atoms with E-state index in [9.17, 15) is 4.79 Å². The van der Waals surface area contributed by atoms with Crippen molar-refractivity contribution in [2.75, 3.05) is 5.43 Å². The maximum Gasteiger partial charge on any atom is 0.274 e. The average molecular weight is 295 g/mol. The number of benzene rings is 1. The molecule has 2 heterocycles. The maximum atomic E-state index is 11.4. The molecule has 0 bridgehead atoms. The Morgan fingerprint density at radius 2 is 2.09 bits per heavy atom. The summed E-state index contributed by atoms with van der Waals surface area (Å²) in [6, 6.07) is 7.75. The van der Waals surface area contributed by atoms with Gasteiger partial charge < -0.3 is 4.57 Å². The largest absolute Gasteiger partial charge is 0.306 e. The van der Waals surface area contributed by atoms with Crippen molar-refractivity contribution in [3.05, 3.63) is 64.6 Å². The van der Waals surface area contributed by atoms with E-state index in [4.69, 9.17) is 0 Å². The molecule has 0 aliphatic heterocycles. The first kappa shape index (κ1) is 13.7. The second kappa shape index (κ2) is 6.00. The zero-order valence-corrected chi connectivity index (χ0v) is 11.8. The first-order valence-electron chi connectivity index (χ1n) is 6.53. The van der Waals surface area contributed by atoms with E-state index in [0.717, 1.165) is 11.3 Å². The lowest BCUT2D eigenvalue weighted by Crippen LogP contribution is -2.15. The standard InChI is InChI=1S/C14H13N7O/c1-10-13(22)17-14(20-18-10)19-16-8-11-2-4-12(5-3-11)21-7-6-15-9-21/h2-9H,1H3,(H2,17,19,20,22)/b16-8+. The number of hydrogen-bond acceptors (Lipinski definition) is 6. The molecule has 1 aromatic carbocycles. The summed E-state index contributed by atoms with van der Waals surface area (Å²) in [7, 11) is 0. The van der Waals surface area contributed by atoms with E-state index >= 15 is 0 Å². The zero-order valence-electron chi connectivity index (χ0n) is 11.8. The SMILES string of the molecule is Cc1nnc(N/N=C/c2ccc(-n3ccnc3)cc2)[nH]c1=O. The van der Waals surface area contributed by atoms with Crippen LogP contribution in [0.25, 0.3) is 5.69 Å². The van der Waals surface area contributed by atoms with Crippen LogP contribution in [0.2, 0.25) is 0 Å². The molecule has 3 aromatic rings. The topological polar surface area (TPSA) is 101 Å². The molecule has 8 nitrogen and oxygen atoms in total. The van der Waals surface area contributed by atoms with E-state index in [1.54, 1.807) is 25.7 Å². The highest BCUT2D eigenvalue weighted by Gasteiger charge is 1.98. The first-order valence-corrected chi connectivity index (χ1v) is 6.53. The summed E-state index contributed by atoms with van der Waals surface area (Å²) in [6.07, 6.45) is 6.95. The molecular formula is C14H13N7O. The van der Waals surface area contributed by atoms with Crippen LogP contribution < -0.4 is 11.0 Å². The molecule has 0 aliphatic carbocycles. The predicted octanol–water partition coefficient (Wildman–Crippen LogP) is 1.11. The van der Waals surface area contributed by atoms with Crippen molar-refractivity contribution in [2.45, 2.75) is 6.92 Å². The van der Waals surface area contributed by atoms with Crippen molar-refractivity contribution < 1.29 is 0 Å². The van der Waals surface area contributed by atoms with Gasteiger partial charge in [0.25, 0.3) is 5.56 Å². The van der Waals surface area contributed by atoms with Gasteiger partial charge in [-0.25, -0.2) is 10.4 Å². The van der Waals surface area contributed by atoms with E-state index in [1.807, 2.05) is 35.0 Å². The summed E-state index contributed by atoms with van der Waals surface area (Å²) in [5.74, 6) is 0.196. The van der Waals surface area contributed by atoms with Crippen LogP contribution in [0.1, 0.15) is 11.3 Å². The monoisotopic (exact) mass is 295 g/mol. The molecule has 2 N–H and O–H groups in total. The van der Waals surface area contributed by atoms with Crippen LogP contribution in [0.15, 0.2) is 52.9 Å². The van der Waals surface area contributed by atoms with Crippen LogP contribution >= 0.6 is 0 Å². The molecule has 0 saturated carbocycles. The highest BCUT2D eigenvalue weighted by molar-refractivity contribution is 5.80. The van der Waals surface area contributed by atoms with Gasteiger partial charge in [0.1, 0.15) is 5.69 Å². The first-order chi connectivity index (χ1) is 10.7. The van der Waals surface area contributed by atoms with Crippen molar-refractivity contribution in [3.8, 4) is 5.69 Å². The minimum Gasteiger partial charge on any atom is -0.306 e. The molecule has 0 spiro atoms. The van der Waals surface area contributed by atoms with Gasteiger partial charge in [0.2, 0.25) is 5.95 Å². The van der Waals surface area contributed by atoms with Gasteiger partial charge in [0.05, 0.1) is 12.5 Å². The van der Waals surface area contributed by atoms with E-state index < -0.39 is 0 Å². The van der Waals surface area contributed by atoms with Gasteiger partial charge in [0.15, 0.2) is 0 Å². The molecule has 22 heavy (non-hydrogen) atoms. The summed E-state index contributed by atoms with van der Waals surface area (Å²) >= 11 is 0. The fraction of sp³-hybridized carbons (Fsp3) is 0.0714. The number of hydrazone groups is 1. The Morgan fingerprint density at radius 1 is 1.27 bits per heavy atom. The lowest BCUT2D eigenvalue weighted by Gasteiger charge is -2.02. The van der Waals surface area contributed by atoms with Gasteiger partial charge in [-0.2, -0.15) is 5.10 Å². The van der Waals surface area contributed by atoms with Gasteiger partial charge >= 0.3 is 0 Å². The minimum absolute atomic E-state index is 0.196. The molecule has 0 unspecified atom stereocenters. The van der Waals surface area contributed by atoms with E-state index in [0.29, 0.717) is 5.69 Å². The van der Waals surface area contributed by atoms with Crippen molar-refractivity contribution in [2.24, 2.45) is 5.10 Å². The zero-order chi connectivity index (χ0) is 15.4. The number of anilines is 1. The molecule has 0 radical (unpaired) electrons. The Balaban J connectivity index is 1.67. The van der Waals surface area contributed by atoms with Crippen LogP contribution in [-0.4, -0.2) is 30.9 Å². The number of nitrogens with one attached hydrogen (secondary N) is 2. The van der Waals surface area contributed by atoms with Crippen LogP contribution in [0.5, 0.6) is 0 Å². The summed E-state index contributed by atoms with van der Waals surface area (Å²) in [5, 5.41) is 11.5. The van der Waals surface area contributed by atoms with Gasteiger partial charge in [-0.15, -0.1) is 10.2 Å². The summed E-state index contributed by atoms with van der Waals surface area (Å²) in [6.45, 7) is 1.58. The van der Waals surface area contributed by atoms with Gasteiger partial charge in [0, 0.05) is 18.1 Å². The molecule has 8 heteroatoms. The Hall–Kier alpha value is -3.29. The number of H-pyrrole nitrogens is 1. The number of rotatable bonds is 4. The van der Waals surface area contributed by atoms with E-state index in [-0.39, 0.29) is 11.5 Å². The quantitative estimate of drug-likeness (QED) is 0.554. The summed E-state index contributed by atoms with van der Waals surface area (Å²) < 4.78 is 1.91. The highest BCUT2D eigenvalue weighted by Crippen LogP contribution is 2.08. The highest BCUT2D eigenvalue weighted by atomic mass is 16.1. The number of aromatic amines is 1. The smallest absolute Gasteiger partial charge is 0.274 e. The third-order valence-electron chi connectivity index (χ3n) is 2.94.